The lowest BCUT2D eigenvalue weighted by Gasteiger charge is -2.37. The third-order valence-electron chi connectivity index (χ3n) is 6.10. The van der Waals surface area contributed by atoms with Crippen molar-refractivity contribution in [3.8, 4) is 0 Å². The van der Waals surface area contributed by atoms with Crippen LogP contribution in [0.1, 0.15) is 45.4 Å². The van der Waals surface area contributed by atoms with Crippen molar-refractivity contribution < 1.29 is 9.50 Å². The van der Waals surface area contributed by atoms with Gasteiger partial charge in [-0.15, -0.1) is 5.10 Å². The largest absolute Gasteiger partial charge is 0.389 e. The monoisotopic (exact) mass is 472 g/mol. The molecule has 1 fully saturated rings. The second kappa shape index (κ2) is 7.81. The molecule has 174 valence electrons. The summed E-state index contributed by atoms with van der Waals surface area (Å²) in [4.78, 5) is 11.3. The van der Waals surface area contributed by atoms with E-state index < -0.39 is 11.4 Å². The van der Waals surface area contributed by atoms with Gasteiger partial charge in [0.15, 0.2) is 11.5 Å². The van der Waals surface area contributed by atoms with Crippen molar-refractivity contribution in [3.05, 3.63) is 41.2 Å². The van der Waals surface area contributed by atoms with E-state index >= 15 is 0 Å². The molecule has 3 N–H and O–H groups in total. The van der Waals surface area contributed by atoms with E-state index in [0.717, 1.165) is 18.5 Å². The minimum absolute atomic E-state index is 0.0134. The summed E-state index contributed by atoms with van der Waals surface area (Å²) in [5.74, 6) is 0.341. The molecule has 1 aliphatic rings. The van der Waals surface area contributed by atoms with Gasteiger partial charge in [-0.25, -0.2) is 14.4 Å². The minimum Gasteiger partial charge on any atom is -0.389 e. The summed E-state index contributed by atoms with van der Waals surface area (Å²) < 4.78 is 17.4. The van der Waals surface area contributed by atoms with Crippen LogP contribution in [-0.2, 0) is 6.54 Å². The number of benzene rings is 1. The molecular formula is C22H26ClFN8O. The molecule has 1 saturated heterocycles. The molecule has 0 amide bonds. The summed E-state index contributed by atoms with van der Waals surface area (Å²) in [7, 11) is 0. The molecule has 0 bridgehead atoms. The number of hydrogen-bond donors (Lipinski definition) is 2. The summed E-state index contributed by atoms with van der Waals surface area (Å²) in [5, 5.41) is 19.6. The van der Waals surface area contributed by atoms with Crippen LogP contribution in [0.25, 0.3) is 16.6 Å². The zero-order chi connectivity index (χ0) is 23.5. The molecule has 9 nitrogen and oxygen atoms in total. The summed E-state index contributed by atoms with van der Waals surface area (Å²) >= 11 is 5.92. The fraction of sp³-hybridized carbons (Fsp3) is 0.455. The molecule has 4 aromatic rings. The molecule has 0 saturated carbocycles. The average Bonchev–Trinajstić information content (AvgIpc) is 3.37. The number of piperidine rings is 1. The lowest BCUT2D eigenvalue weighted by Crippen LogP contribution is -2.41. The highest BCUT2D eigenvalue weighted by Crippen LogP contribution is 2.33. The predicted octanol–water partition coefficient (Wildman–Crippen LogP) is 3.39. The van der Waals surface area contributed by atoms with Gasteiger partial charge in [-0.3, -0.25) is 4.68 Å². The highest BCUT2D eigenvalue weighted by molar-refractivity contribution is 6.31. The molecule has 4 heterocycles. The molecule has 0 aliphatic carbocycles. The first-order valence-corrected chi connectivity index (χ1v) is 11.3. The molecular weight excluding hydrogens is 447 g/mol. The Hall–Kier alpha value is -2.98. The fourth-order valence-corrected chi connectivity index (χ4v) is 4.63. The molecule has 0 radical (unpaired) electrons. The van der Waals surface area contributed by atoms with Gasteiger partial charge < -0.3 is 15.7 Å². The molecule has 5 rings (SSSR count). The Labute approximate surface area is 195 Å². The van der Waals surface area contributed by atoms with Gasteiger partial charge in [-0.1, -0.05) is 11.6 Å². The van der Waals surface area contributed by atoms with Gasteiger partial charge in [0.05, 0.1) is 34.6 Å². The van der Waals surface area contributed by atoms with Gasteiger partial charge >= 0.3 is 0 Å². The maximum Gasteiger partial charge on any atom is 0.223 e. The molecule has 2 atom stereocenters. The number of aromatic nitrogens is 6. The van der Waals surface area contributed by atoms with E-state index in [1.54, 1.807) is 18.5 Å². The Morgan fingerprint density at radius 2 is 2.06 bits per heavy atom. The second-order valence-corrected chi connectivity index (χ2v) is 9.85. The molecule has 1 aromatic carbocycles. The summed E-state index contributed by atoms with van der Waals surface area (Å²) in [6.07, 6.45) is 5.65. The van der Waals surface area contributed by atoms with E-state index in [-0.39, 0.29) is 16.9 Å². The van der Waals surface area contributed by atoms with E-state index in [1.165, 1.54) is 16.6 Å². The van der Waals surface area contributed by atoms with Gasteiger partial charge in [0.25, 0.3) is 0 Å². The van der Waals surface area contributed by atoms with Crippen molar-refractivity contribution in [3.63, 3.8) is 0 Å². The van der Waals surface area contributed by atoms with E-state index in [4.69, 9.17) is 22.3 Å². The first-order valence-electron chi connectivity index (χ1n) is 10.9. The quantitative estimate of drug-likeness (QED) is 0.468. The topological polar surface area (TPSA) is 110 Å². The lowest BCUT2D eigenvalue weighted by atomic mass is 9.92. The van der Waals surface area contributed by atoms with Crippen LogP contribution in [0, 0.1) is 5.82 Å². The molecule has 0 unspecified atom stereocenters. The number of anilines is 2. The van der Waals surface area contributed by atoms with Crippen LogP contribution in [-0.4, -0.2) is 52.7 Å². The van der Waals surface area contributed by atoms with Crippen LogP contribution >= 0.6 is 11.6 Å². The number of nitrogen functional groups attached to an aromatic ring is 1. The smallest absolute Gasteiger partial charge is 0.223 e. The zero-order valence-electron chi connectivity index (χ0n) is 18.7. The van der Waals surface area contributed by atoms with Crippen molar-refractivity contribution in [2.75, 3.05) is 17.2 Å². The summed E-state index contributed by atoms with van der Waals surface area (Å²) in [5.41, 5.74) is 7.20. The molecule has 0 spiro atoms. The standard InChI is InChI=1S/C22H26ClFN8O/c1-12-4-5-13(9-31(12)14-8-26-30(10-14)11-22(2,3)33)19-28-20-15-6-17(24)16(23)7-18(15)27-21(25)32(20)29-19/h6-8,10,12-13,33H,4-5,9,11H2,1-3H3,(H2,25,27)/t12-,13+/m1/s1. The zero-order valence-corrected chi connectivity index (χ0v) is 19.5. The number of halogens is 2. The number of aliphatic hydroxyl groups is 1. The van der Waals surface area contributed by atoms with Gasteiger partial charge in [-0.2, -0.15) is 9.61 Å². The third-order valence-corrected chi connectivity index (χ3v) is 6.39. The van der Waals surface area contributed by atoms with Crippen LogP contribution in [0.15, 0.2) is 24.5 Å². The van der Waals surface area contributed by atoms with E-state index in [2.05, 4.69) is 27.0 Å². The Morgan fingerprint density at radius 1 is 1.27 bits per heavy atom. The van der Waals surface area contributed by atoms with Gasteiger partial charge in [0.1, 0.15) is 5.82 Å². The van der Waals surface area contributed by atoms with Gasteiger partial charge in [-0.05, 0) is 45.7 Å². The Morgan fingerprint density at radius 3 is 2.82 bits per heavy atom. The van der Waals surface area contributed by atoms with E-state index in [0.29, 0.717) is 41.5 Å². The minimum atomic E-state index is -0.847. The molecule has 3 aromatic heterocycles. The average molecular weight is 473 g/mol. The number of fused-ring (bicyclic) bond motifs is 3. The van der Waals surface area contributed by atoms with E-state index in [1.807, 2.05) is 12.4 Å². The Kier molecular flexibility index (Phi) is 5.17. The number of rotatable bonds is 4. The fourth-order valence-electron chi connectivity index (χ4n) is 4.48. The van der Waals surface area contributed by atoms with Crippen molar-refractivity contribution in [2.24, 2.45) is 0 Å². The maximum atomic E-state index is 14.1. The van der Waals surface area contributed by atoms with Crippen molar-refractivity contribution in [2.45, 2.75) is 57.7 Å². The Bertz CT molecular complexity index is 1340. The predicted molar refractivity (Wildman–Crippen MR) is 125 cm³/mol. The van der Waals surface area contributed by atoms with Crippen molar-refractivity contribution in [1.82, 2.24) is 29.4 Å². The van der Waals surface area contributed by atoms with Crippen LogP contribution in [0.2, 0.25) is 5.02 Å². The number of nitrogens with zero attached hydrogens (tertiary/aromatic N) is 7. The number of nitrogens with two attached hydrogens (primary N) is 1. The SMILES string of the molecule is C[C@@H]1CC[C@H](c2nc3c4cc(F)c(Cl)cc4nc(N)n3n2)CN1c1cnn(CC(C)(C)O)c1. The summed E-state index contributed by atoms with van der Waals surface area (Å²) in [6, 6.07) is 3.10. The Balaban J connectivity index is 1.48. The molecule has 11 heteroatoms. The third kappa shape index (κ3) is 4.08. The van der Waals surface area contributed by atoms with Crippen LogP contribution in [0.4, 0.5) is 16.0 Å². The van der Waals surface area contributed by atoms with Gasteiger partial charge in [0, 0.05) is 30.1 Å². The van der Waals surface area contributed by atoms with Crippen molar-refractivity contribution in [1.29, 1.82) is 0 Å². The van der Waals surface area contributed by atoms with Crippen LogP contribution in [0.3, 0.4) is 0 Å². The molecule has 1 aliphatic heterocycles. The first-order chi connectivity index (χ1) is 15.6. The first kappa shape index (κ1) is 21.8. The number of hydrogen-bond acceptors (Lipinski definition) is 7. The molecule has 33 heavy (non-hydrogen) atoms. The maximum absolute atomic E-state index is 14.1. The van der Waals surface area contributed by atoms with Crippen molar-refractivity contribution >= 4 is 39.8 Å². The summed E-state index contributed by atoms with van der Waals surface area (Å²) in [6.45, 7) is 6.81. The van der Waals surface area contributed by atoms with Crippen LogP contribution < -0.4 is 10.6 Å². The second-order valence-electron chi connectivity index (χ2n) is 9.44. The highest BCUT2D eigenvalue weighted by atomic mass is 35.5. The van der Waals surface area contributed by atoms with Crippen LogP contribution in [0.5, 0.6) is 0 Å². The lowest BCUT2D eigenvalue weighted by molar-refractivity contribution is 0.0577. The normalized spacial score (nSPS) is 19.6. The highest BCUT2D eigenvalue weighted by Gasteiger charge is 2.30. The van der Waals surface area contributed by atoms with E-state index in [9.17, 15) is 9.50 Å². The van der Waals surface area contributed by atoms with Gasteiger partial charge in [0.2, 0.25) is 5.95 Å².